The van der Waals surface area contributed by atoms with Crippen LogP contribution in [0.15, 0.2) is 54.8 Å². The highest BCUT2D eigenvalue weighted by Crippen LogP contribution is 2.48. The summed E-state index contributed by atoms with van der Waals surface area (Å²) in [5, 5.41) is 0. The van der Waals surface area contributed by atoms with Crippen LogP contribution in [0.2, 0.25) is 0 Å². The molecule has 1 aromatic rings. The van der Waals surface area contributed by atoms with E-state index >= 15 is 0 Å². The predicted octanol–water partition coefficient (Wildman–Crippen LogP) is 4.43. The van der Waals surface area contributed by atoms with Crippen LogP contribution in [0.25, 0.3) is 0 Å². The Morgan fingerprint density at radius 1 is 1.00 bits per heavy atom. The highest BCUT2D eigenvalue weighted by Gasteiger charge is 2.56. The van der Waals surface area contributed by atoms with E-state index in [2.05, 4.69) is 0 Å². The molecule has 28 heavy (non-hydrogen) atoms. The first kappa shape index (κ1) is 21.7. The van der Waals surface area contributed by atoms with Crippen molar-refractivity contribution in [2.75, 3.05) is 13.2 Å². The van der Waals surface area contributed by atoms with Crippen molar-refractivity contribution in [3.05, 3.63) is 60.4 Å². The molecule has 0 aliphatic heterocycles. The van der Waals surface area contributed by atoms with Gasteiger partial charge in [-0.2, -0.15) is 0 Å². The smallest absolute Gasteiger partial charge is 0.323 e. The summed E-state index contributed by atoms with van der Waals surface area (Å²) in [5.41, 5.74) is -0.180. The lowest BCUT2D eigenvalue weighted by atomic mass is 9.85. The number of carbonyl (C=O) groups is 2. The van der Waals surface area contributed by atoms with Gasteiger partial charge in [0.2, 0.25) is 0 Å². The lowest BCUT2D eigenvalue weighted by Crippen LogP contribution is -2.40. The molecule has 0 heterocycles. The Morgan fingerprint density at radius 2 is 1.57 bits per heavy atom. The van der Waals surface area contributed by atoms with Gasteiger partial charge in [0.25, 0.3) is 0 Å². The van der Waals surface area contributed by atoms with E-state index in [0.29, 0.717) is 19.4 Å². The maximum atomic E-state index is 12.7. The van der Waals surface area contributed by atoms with Gasteiger partial charge in [-0.15, -0.1) is 0 Å². The second kappa shape index (κ2) is 10.7. The van der Waals surface area contributed by atoms with E-state index in [0.717, 1.165) is 5.56 Å². The van der Waals surface area contributed by atoms with E-state index in [1.54, 1.807) is 20.1 Å². The fourth-order valence-corrected chi connectivity index (χ4v) is 3.69. The van der Waals surface area contributed by atoms with Gasteiger partial charge in [0.05, 0.1) is 19.5 Å². The molecule has 1 aliphatic rings. The first-order chi connectivity index (χ1) is 13.6. The summed E-state index contributed by atoms with van der Waals surface area (Å²) in [6.45, 7) is 6.35. The van der Waals surface area contributed by atoms with Crippen molar-refractivity contribution >= 4 is 11.9 Å². The highest BCUT2D eigenvalue weighted by molar-refractivity contribution is 6.00. The second-order valence-corrected chi connectivity index (χ2v) is 6.91. The Balaban J connectivity index is 2.14. The molecule has 5 heteroatoms. The molecule has 0 N–H and O–H groups in total. The number of esters is 2. The summed E-state index contributed by atoms with van der Waals surface area (Å²) < 4.78 is 16.1. The van der Waals surface area contributed by atoms with Crippen molar-refractivity contribution in [2.24, 2.45) is 17.3 Å². The quantitative estimate of drug-likeness (QED) is 0.272. The Morgan fingerprint density at radius 3 is 2.11 bits per heavy atom. The normalized spacial score (nSPS) is 21.1. The van der Waals surface area contributed by atoms with Crippen LogP contribution in [0.1, 0.15) is 39.2 Å². The van der Waals surface area contributed by atoms with Crippen molar-refractivity contribution in [1.82, 2.24) is 0 Å². The number of hydrogen-bond acceptors (Lipinski definition) is 5. The fourth-order valence-electron chi connectivity index (χ4n) is 3.69. The monoisotopic (exact) mass is 386 g/mol. The van der Waals surface area contributed by atoms with Gasteiger partial charge < -0.3 is 14.2 Å². The number of hydrogen-bond donors (Lipinski definition) is 0. The van der Waals surface area contributed by atoms with Crippen LogP contribution < -0.4 is 0 Å². The lowest BCUT2D eigenvalue weighted by Gasteiger charge is -2.24. The zero-order chi connectivity index (χ0) is 20.4. The third-order valence-corrected chi connectivity index (χ3v) is 5.01. The molecule has 1 saturated carbocycles. The van der Waals surface area contributed by atoms with Crippen LogP contribution in [0.3, 0.4) is 0 Å². The average Bonchev–Trinajstić information content (AvgIpc) is 3.07. The number of rotatable bonds is 9. The van der Waals surface area contributed by atoms with Gasteiger partial charge in [-0.05, 0) is 57.1 Å². The first-order valence-electron chi connectivity index (χ1n) is 9.86. The van der Waals surface area contributed by atoms with Gasteiger partial charge in [-0.3, -0.25) is 9.59 Å². The van der Waals surface area contributed by atoms with E-state index in [1.165, 1.54) is 0 Å². The van der Waals surface area contributed by atoms with Crippen molar-refractivity contribution in [2.45, 2.75) is 40.2 Å². The molecule has 1 fully saturated rings. The zero-order valence-electron chi connectivity index (χ0n) is 16.9. The summed E-state index contributed by atoms with van der Waals surface area (Å²) in [7, 11) is 0. The molecule has 2 rings (SSSR count). The van der Waals surface area contributed by atoms with Crippen molar-refractivity contribution in [3.63, 3.8) is 0 Å². The van der Waals surface area contributed by atoms with Crippen LogP contribution in [-0.2, 0) is 30.4 Å². The molecule has 5 nitrogen and oxygen atoms in total. The summed E-state index contributed by atoms with van der Waals surface area (Å²) in [4.78, 5) is 25.4. The third kappa shape index (κ3) is 5.24. The maximum absolute atomic E-state index is 12.7. The van der Waals surface area contributed by atoms with Crippen molar-refractivity contribution in [3.8, 4) is 0 Å². The van der Waals surface area contributed by atoms with E-state index in [1.807, 2.05) is 55.5 Å². The number of allylic oxidation sites excluding steroid dienone is 3. The average molecular weight is 386 g/mol. The molecule has 0 amide bonds. The van der Waals surface area contributed by atoms with Crippen molar-refractivity contribution < 1.29 is 23.8 Å². The van der Waals surface area contributed by atoms with Gasteiger partial charge in [-0.1, -0.05) is 42.5 Å². The zero-order valence-corrected chi connectivity index (χ0v) is 16.9. The van der Waals surface area contributed by atoms with Gasteiger partial charge >= 0.3 is 11.9 Å². The lowest BCUT2D eigenvalue weighted by molar-refractivity contribution is -0.171. The molecule has 0 spiro atoms. The maximum Gasteiger partial charge on any atom is 0.323 e. The number of ether oxygens (including phenoxy) is 3. The minimum atomic E-state index is -1.26. The van der Waals surface area contributed by atoms with Crippen LogP contribution in [0, 0.1) is 17.3 Å². The molecule has 0 aromatic heterocycles. The van der Waals surface area contributed by atoms with Crippen LogP contribution in [0.4, 0.5) is 0 Å². The van der Waals surface area contributed by atoms with E-state index < -0.39 is 17.4 Å². The largest absolute Gasteiger partial charge is 0.497 e. The molecule has 2 atom stereocenters. The fraction of sp³-hybridized carbons (Fsp3) is 0.478. The Bertz CT molecular complexity index is 674. The highest BCUT2D eigenvalue weighted by atomic mass is 16.6. The summed E-state index contributed by atoms with van der Waals surface area (Å²) in [6.07, 6.45) is 8.32. The van der Waals surface area contributed by atoms with Gasteiger partial charge in [0.1, 0.15) is 6.61 Å². The molecule has 0 bridgehead atoms. The Labute approximate surface area is 167 Å². The third-order valence-electron chi connectivity index (χ3n) is 5.01. The Hall–Kier alpha value is -2.56. The van der Waals surface area contributed by atoms with Crippen LogP contribution in [0.5, 0.6) is 0 Å². The summed E-state index contributed by atoms with van der Waals surface area (Å²) >= 11 is 0. The molecular weight excluding hydrogens is 356 g/mol. The van der Waals surface area contributed by atoms with E-state index in [9.17, 15) is 9.59 Å². The van der Waals surface area contributed by atoms with Gasteiger partial charge in [-0.25, -0.2) is 0 Å². The number of benzene rings is 1. The molecule has 0 radical (unpaired) electrons. The first-order valence-corrected chi connectivity index (χ1v) is 9.86. The SMILES string of the molecule is C/C=C\C1CC(C(=O)OCC)(C(=O)OCC)CC1/C=C/OCc1ccccc1. The molecule has 152 valence electrons. The predicted molar refractivity (Wildman–Crippen MR) is 107 cm³/mol. The molecule has 1 aromatic carbocycles. The van der Waals surface area contributed by atoms with E-state index in [4.69, 9.17) is 14.2 Å². The van der Waals surface area contributed by atoms with Gasteiger partial charge in [0.15, 0.2) is 5.41 Å². The minimum absolute atomic E-state index is 0.0132. The molecule has 0 saturated heterocycles. The van der Waals surface area contributed by atoms with Crippen molar-refractivity contribution in [1.29, 1.82) is 0 Å². The van der Waals surface area contributed by atoms with E-state index in [-0.39, 0.29) is 25.0 Å². The molecule has 2 unspecified atom stereocenters. The topological polar surface area (TPSA) is 61.8 Å². The number of carbonyl (C=O) groups excluding carboxylic acids is 2. The van der Waals surface area contributed by atoms with Gasteiger partial charge in [0, 0.05) is 0 Å². The molecular formula is C23H30O5. The van der Waals surface area contributed by atoms with Crippen LogP contribution >= 0.6 is 0 Å². The minimum Gasteiger partial charge on any atom is -0.497 e. The Kier molecular flexibility index (Phi) is 8.30. The second-order valence-electron chi connectivity index (χ2n) is 6.91. The van der Waals surface area contributed by atoms with Crippen LogP contribution in [-0.4, -0.2) is 25.2 Å². The standard InChI is InChI=1S/C23H30O5/c1-4-10-19-15-23(21(24)27-5-2,22(25)28-6-3)16-20(19)13-14-26-17-18-11-8-7-9-12-18/h4,7-14,19-20H,5-6,15-17H2,1-3H3/b10-4-,14-13+. The molecule has 1 aliphatic carbocycles. The summed E-state index contributed by atoms with van der Waals surface area (Å²) in [5.74, 6) is -0.968. The summed E-state index contributed by atoms with van der Waals surface area (Å²) in [6, 6.07) is 9.89.